The van der Waals surface area contributed by atoms with Gasteiger partial charge in [0.1, 0.15) is 5.60 Å². The maximum absolute atomic E-state index is 6.02. The number of ether oxygens (including phenoxy) is 1. The molecule has 0 saturated carbocycles. The van der Waals surface area contributed by atoms with Crippen molar-refractivity contribution in [2.45, 2.75) is 12.0 Å². The summed E-state index contributed by atoms with van der Waals surface area (Å²) in [6.07, 6.45) is 2.74. The van der Waals surface area contributed by atoms with Crippen LogP contribution in [0.3, 0.4) is 0 Å². The minimum atomic E-state index is -0.420. The quantitative estimate of drug-likeness (QED) is 0.588. The Labute approximate surface area is 127 Å². The number of rotatable bonds is 8. The molecule has 2 rings (SSSR count). The predicted molar refractivity (Wildman–Crippen MR) is 88.4 cm³/mol. The second-order valence-corrected chi connectivity index (χ2v) is 5.01. The zero-order valence-corrected chi connectivity index (χ0v) is 12.6. The van der Waals surface area contributed by atoms with Crippen LogP contribution in [0.15, 0.2) is 73.3 Å². The number of benzene rings is 2. The van der Waals surface area contributed by atoms with Crippen molar-refractivity contribution in [2.75, 3.05) is 20.2 Å². The first-order valence-electron chi connectivity index (χ1n) is 7.31. The van der Waals surface area contributed by atoms with Crippen molar-refractivity contribution >= 4 is 0 Å². The van der Waals surface area contributed by atoms with Crippen LogP contribution < -0.4 is 5.32 Å². The molecule has 2 aromatic carbocycles. The van der Waals surface area contributed by atoms with Crippen LogP contribution in [0.2, 0.25) is 0 Å². The Kier molecular flexibility index (Phi) is 5.73. The number of hydrogen-bond donors (Lipinski definition) is 1. The van der Waals surface area contributed by atoms with E-state index in [0.29, 0.717) is 0 Å². The summed E-state index contributed by atoms with van der Waals surface area (Å²) in [5.41, 5.74) is 1.94. The van der Waals surface area contributed by atoms with E-state index >= 15 is 0 Å². The van der Waals surface area contributed by atoms with Gasteiger partial charge in [0, 0.05) is 13.7 Å². The molecule has 2 nitrogen and oxygen atoms in total. The molecule has 21 heavy (non-hydrogen) atoms. The van der Waals surface area contributed by atoms with Gasteiger partial charge < -0.3 is 10.1 Å². The van der Waals surface area contributed by atoms with Crippen molar-refractivity contribution in [3.8, 4) is 0 Å². The summed E-state index contributed by atoms with van der Waals surface area (Å²) in [6, 6.07) is 20.8. The first-order valence-corrected chi connectivity index (χ1v) is 7.31. The third-order valence-electron chi connectivity index (χ3n) is 3.77. The van der Waals surface area contributed by atoms with Gasteiger partial charge in [0.25, 0.3) is 0 Å². The molecule has 110 valence electrons. The van der Waals surface area contributed by atoms with Gasteiger partial charge >= 0.3 is 0 Å². The molecule has 0 atom stereocenters. The lowest BCUT2D eigenvalue weighted by molar-refractivity contribution is 0.0149. The summed E-state index contributed by atoms with van der Waals surface area (Å²) in [4.78, 5) is 0. The van der Waals surface area contributed by atoms with Gasteiger partial charge in [-0.05, 0) is 24.1 Å². The Hall–Kier alpha value is -1.90. The molecule has 0 radical (unpaired) electrons. The first kappa shape index (κ1) is 15.5. The Balaban J connectivity index is 2.34. The van der Waals surface area contributed by atoms with E-state index in [-0.39, 0.29) is 0 Å². The van der Waals surface area contributed by atoms with Crippen LogP contribution in [-0.2, 0) is 10.3 Å². The lowest BCUT2D eigenvalue weighted by Gasteiger charge is -2.34. The van der Waals surface area contributed by atoms with Gasteiger partial charge in [0.2, 0.25) is 0 Å². The fraction of sp³-hybridized carbons (Fsp3) is 0.263. The molecule has 2 aromatic rings. The molecule has 0 aromatic heterocycles. The third kappa shape index (κ3) is 3.60. The molecule has 0 saturated heterocycles. The third-order valence-corrected chi connectivity index (χ3v) is 3.77. The van der Waals surface area contributed by atoms with Gasteiger partial charge in [-0.25, -0.2) is 0 Å². The van der Waals surface area contributed by atoms with E-state index in [0.717, 1.165) is 19.5 Å². The van der Waals surface area contributed by atoms with E-state index in [2.05, 4.69) is 60.4 Å². The van der Waals surface area contributed by atoms with E-state index in [4.69, 9.17) is 4.74 Å². The molecule has 0 aliphatic carbocycles. The summed E-state index contributed by atoms with van der Waals surface area (Å²) >= 11 is 0. The fourth-order valence-corrected chi connectivity index (χ4v) is 2.68. The van der Waals surface area contributed by atoms with E-state index in [9.17, 15) is 0 Å². The van der Waals surface area contributed by atoms with E-state index in [1.54, 1.807) is 7.11 Å². The van der Waals surface area contributed by atoms with Gasteiger partial charge in [-0.3, -0.25) is 0 Å². The Morgan fingerprint density at radius 2 is 1.52 bits per heavy atom. The summed E-state index contributed by atoms with van der Waals surface area (Å²) in [6.45, 7) is 5.41. The standard InChI is InChI=1S/C19H23NO/c1-3-15-20-16-14-19(21-2,17-10-6-4-7-11-17)18-12-8-5-9-13-18/h3-13,20H,1,14-16H2,2H3. The van der Waals surface area contributed by atoms with Gasteiger partial charge in [-0.1, -0.05) is 66.7 Å². The average Bonchev–Trinajstić information content (AvgIpc) is 2.57. The molecule has 0 heterocycles. The van der Waals surface area contributed by atoms with Crippen LogP contribution in [0, 0.1) is 0 Å². The molecule has 1 N–H and O–H groups in total. The van der Waals surface area contributed by atoms with E-state index in [1.165, 1.54) is 11.1 Å². The number of methoxy groups -OCH3 is 1. The van der Waals surface area contributed by atoms with Crippen LogP contribution >= 0.6 is 0 Å². The summed E-state index contributed by atoms with van der Waals surface area (Å²) < 4.78 is 6.02. The van der Waals surface area contributed by atoms with Gasteiger partial charge in [0.05, 0.1) is 0 Å². The molecular formula is C19H23NO. The van der Waals surface area contributed by atoms with Crippen LogP contribution in [-0.4, -0.2) is 20.2 Å². The highest BCUT2D eigenvalue weighted by atomic mass is 16.5. The zero-order valence-electron chi connectivity index (χ0n) is 12.6. The molecule has 0 spiro atoms. The highest BCUT2D eigenvalue weighted by Gasteiger charge is 2.33. The highest BCUT2D eigenvalue weighted by molar-refractivity contribution is 5.36. The Morgan fingerprint density at radius 3 is 1.95 bits per heavy atom. The average molecular weight is 281 g/mol. The number of nitrogens with one attached hydrogen (secondary N) is 1. The van der Waals surface area contributed by atoms with Crippen molar-refractivity contribution in [2.24, 2.45) is 0 Å². The second kappa shape index (κ2) is 7.77. The van der Waals surface area contributed by atoms with E-state index < -0.39 is 5.60 Å². The van der Waals surface area contributed by atoms with Gasteiger partial charge in [0.15, 0.2) is 0 Å². The van der Waals surface area contributed by atoms with Gasteiger partial charge in [-0.15, -0.1) is 6.58 Å². The molecule has 2 heteroatoms. The van der Waals surface area contributed by atoms with Crippen molar-refractivity contribution in [1.82, 2.24) is 5.32 Å². The second-order valence-electron chi connectivity index (χ2n) is 5.01. The zero-order chi connectivity index (χ0) is 15.0. The lowest BCUT2D eigenvalue weighted by atomic mass is 9.83. The van der Waals surface area contributed by atoms with Gasteiger partial charge in [-0.2, -0.15) is 0 Å². The summed E-state index contributed by atoms with van der Waals surface area (Å²) in [7, 11) is 1.79. The van der Waals surface area contributed by atoms with Crippen molar-refractivity contribution < 1.29 is 4.74 Å². The highest BCUT2D eigenvalue weighted by Crippen LogP contribution is 2.36. The first-order chi connectivity index (χ1) is 10.3. The van der Waals surface area contributed by atoms with Crippen LogP contribution in [0.5, 0.6) is 0 Å². The summed E-state index contributed by atoms with van der Waals surface area (Å²) in [5.74, 6) is 0. The van der Waals surface area contributed by atoms with Crippen LogP contribution in [0.1, 0.15) is 17.5 Å². The molecular weight excluding hydrogens is 258 g/mol. The smallest absolute Gasteiger partial charge is 0.119 e. The van der Waals surface area contributed by atoms with E-state index in [1.807, 2.05) is 18.2 Å². The predicted octanol–water partition coefficient (Wildman–Crippen LogP) is 3.74. The molecule has 0 bridgehead atoms. The minimum Gasteiger partial charge on any atom is -0.369 e. The monoisotopic (exact) mass is 281 g/mol. The fourth-order valence-electron chi connectivity index (χ4n) is 2.68. The van der Waals surface area contributed by atoms with Crippen LogP contribution in [0.4, 0.5) is 0 Å². The van der Waals surface area contributed by atoms with Crippen molar-refractivity contribution in [1.29, 1.82) is 0 Å². The molecule has 0 aliphatic heterocycles. The number of hydrogen-bond acceptors (Lipinski definition) is 2. The molecule has 0 amide bonds. The van der Waals surface area contributed by atoms with Crippen molar-refractivity contribution in [3.63, 3.8) is 0 Å². The molecule has 0 unspecified atom stereocenters. The lowest BCUT2D eigenvalue weighted by Crippen LogP contribution is -2.34. The summed E-state index contributed by atoms with van der Waals surface area (Å²) in [5, 5.41) is 3.37. The molecule has 0 fully saturated rings. The maximum Gasteiger partial charge on any atom is 0.119 e. The SMILES string of the molecule is C=CCNCCC(OC)(c1ccccc1)c1ccccc1. The van der Waals surface area contributed by atoms with Crippen LogP contribution in [0.25, 0.3) is 0 Å². The maximum atomic E-state index is 6.02. The topological polar surface area (TPSA) is 21.3 Å². The Morgan fingerprint density at radius 1 is 1.00 bits per heavy atom. The largest absolute Gasteiger partial charge is 0.369 e. The minimum absolute atomic E-state index is 0.420. The van der Waals surface area contributed by atoms with Crippen molar-refractivity contribution in [3.05, 3.63) is 84.4 Å². The Bertz CT molecular complexity index is 497. The normalized spacial score (nSPS) is 11.3. The molecule has 0 aliphatic rings.